The van der Waals surface area contributed by atoms with Gasteiger partial charge in [-0.25, -0.2) is 0 Å². The standard InChI is InChI=1S/C45H37NO/c1-45(2)41-26-25-36(27-38(41)39-28-40-37-15-9-10-16-43(37)47-44(40)29-42(39)45)46(34-21-17-32(18-22-34)30-11-5-3-6-12-30)35-23-19-33(20-24-35)31-13-7-4-8-14-31/h3-7,9-13,15-21,23-29,34H,8,14,22H2,1-2H3. The summed E-state index contributed by atoms with van der Waals surface area (Å²) in [4.78, 5) is 2.53. The van der Waals surface area contributed by atoms with Crippen molar-refractivity contribution in [2.24, 2.45) is 0 Å². The number of allylic oxidation sites excluding steroid dienone is 6. The van der Waals surface area contributed by atoms with E-state index >= 15 is 0 Å². The molecule has 5 aromatic carbocycles. The van der Waals surface area contributed by atoms with Gasteiger partial charge in [0.15, 0.2) is 0 Å². The van der Waals surface area contributed by atoms with Crippen molar-refractivity contribution < 1.29 is 4.42 Å². The molecule has 3 aliphatic carbocycles. The monoisotopic (exact) mass is 607 g/mol. The first-order valence-corrected chi connectivity index (χ1v) is 16.8. The van der Waals surface area contributed by atoms with Crippen molar-refractivity contribution >= 4 is 44.5 Å². The van der Waals surface area contributed by atoms with Crippen LogP contribution in [-0.2, 0) is 5.41 Å². The van der Waals surface area contributed by atoms with Crippen molar-refractivity contribution in [3.05, 3.63) is 168 Å². The van der Waals surface area contributed by atoms with Crippen LogP contribution in [0.15, 0.2) is 150 Å². The fourth-order valence-corrected chi connectivity index (χ4v) is 7.96. The number of para-hydroxylation sites is 1. The van der Waals surface area contributed by atoms with Gasteiger partial charge in [-0.15, -0.1) is 0 Å². The van der Waals surface area contributed by atoms with E-state index in [1.165, 1.54) is 66.7 Å². The third kappa shape index (κ3) is 4.62. The Morgan fingerprint density at radius 3 is 2.28 bits per heavy atom. The van der Waals surface area contributed by atoms with Crippen LogP contribution in [0.4, 0.5) is 11.4 Å². The van der Waals surface area contributed by atoms with Gasteiger partial charge < -0.3 is 9.32 Å². The average molecular weight is 608 g/mol. The highest BCUT2D eigenvalue weighted by Crippen LogP contribution is 2.52. The lowest BCUT2D eigenvalue weighted by molar-refractivity contribution is 0.647. The van der Waals surface area contributed by atoms with Crippen molar-refractivity contribution in [3.8, 4) is 11.1 Å². The second-order valence-corrected chi connectivity index (χ2v) is 13.6. The Morgan fingerprint density at radius 2 is 1.49 bits per heavy atom. The molecule has 0 saturated carbocycles. The number of rotatable bonds is 5. The van der Waals surface area contributed by atoms with Crippen LogP contribution in [-0.4, -0.2) is 6.04 Å². The largest absolute Gasteiger partial charge is 0.456 e. The molecule has 3 aliphatic rings. The Kier molecular flexibility index (Phi) is 6.47. The van der Waals surface area contributed by atoms with Gasteiger partial charge in [0.05, 0.1) is 6.04 Å². The molecular weight excluding hydrogens is 571 g/mol. The van der Waals surface area contributed by atoms with Crippen LogP contribution in [0.2, 0.25) is 0 Å². The number of fused-ring (bicyclic) bond motifs is 6. The van der Waals surface area contributed by atoms with Crippen LogP contribution in [0.25, 0.3) is 44.2 Å². The van der Waals surface area contributed by atoms with Gasteiger partial charge in [-0.05, 0) is 106 Å². The van der Waals surface area contributed by atoms with Gasteiger partial charge in [0.2, 0.25) is 0 Å². The van der Waals surface area contributed by atoms with Crippen LogP contribution < -0.4 is 4.90 Å². The SMILES string of the molecule is CC1(C)c2ccc(N(c3ccc(C4=CC=CCC4)cc3)C3C=CC(c4ccccc4)=CC3)cc2-c2cc3c(cc21)oc1ccccc13. The molecule has 6 aromatic rings. The van der Waals surface area contributed by atoms with Crippen molar-refractivity contribution in [3.63, 3.8) is 0 Å². The fourth-order valence-electron chi connectivity index (χ4n) is 7.96. The van der Waals surface area contributed by atoms with E-state index in [2.05, 4.69) is 158 Å². The van der Waals surface area contributed by atoms with Crippen LogP contribution in [0.1, 0.15) is 55.4 Å². The number of hydrogen-bond acceptors (Lipinski definition) is 2. The Bertz CT molecular complexity index is 2290. The number of benzene rings is 5. The molecule has 1 heterocycles. The minimum Gasteiger partial charge on any atom is -0.456 e. The molecule has 1 unspecified atom stereocenters. The van der Waals surface area contributed by atoms with Crippen molar-refractivity contribution in [2.45, 2.75) is 44.6 Å². The lowest BCUT2D eigenvalue weighted by Gasteiger charge is -2.34. The second-order valence-electron chi connectivity index (χ2n) is 13.6. The second kappa shape index (κ2) is 10.9. The van der Waals surface area contributed by atoms with Crippen LogP contribution in [0.3, 0.4) is 0 Å². The Morgan fingerprint density at radius 1 is 0.702 bits per heavy atom. The molecule has 1 aromatic heterocycles. The van der Waals surface area contributed by atoms with E-state index in [0.717, 1.165) is 30.4 Å². The molecule has 9 rings (SSSR count). The highest BCUT2D eigenvalue weighted by atomic mass is 16.3. The molecule has 1 atom stereocenters. The summed E-state index contributed by atoms with van der Waals surface area (Å²) < 4.78 is 6.33. The maximum atomic E-state index is 6.33. The molecular formula is C45H37NO. The molecule has 0 aliphatic heterocycles. The lowest BCUT2D eigenvalue weighted by atomic mass is 9.82. The van der Waals surface area contributed by atoms with Gasteiger partial charge in [0.25, 0.3) is 0 Å². The Balaban J connectivity index is 1.16. The fraction of sp³-hybridized carbons (Fsp3) is 0.156. The summed E-state index contributed by atoms with van der Waals surface area (Å²) in [5.74, 6) is 0. The van der Waals surface area contributed by atoms with E-state index in [0.29, 0.717) is 0 Å². The highest BCUT2D eigenvalue weighted by Gasteiger charge is 2.37. The van der Waals surface area contributed by atoms with E-state index in [4.69, 9.17) is 4.42 Å². The first-order valence-electron chi connectivity index (χ1n) is 16.8. The molecule has 0 bridgehead atoms. The first-order chi connectivity index (χ1) is 23.0. The lowest BCUT2D eigenvalue weighted by Crippen LogP contribution is -2.30. The predicted octanol–water partition coefficient (Wildman–Crippen LogP) is 12.2. The van der Waals surface area contributed by atoms with Crippen molar-refractivity contribution in [1.29, 1.82) is 0 Å². The summed E-state index contributed by atoms with van der Waals surface area (Å²) >= 11 is 0. The number of anilines is 2. The van der Waals surface area contributed by atoms with E-state index in [1.807, 2.05) is 6.07 Å². The van der Waals surface area contributed by atoms with Gasteiger partial charge in [0, 0.05) is 27.6 Å². The van der Waals surface area contributed by atoms with Gasteiger partial charge in [-0.1, -0.05) is 117 Å². The zero-order chi connectivity index (χ0) is 31.5. The Hall–Kier alpha value is -5.34. The van der Waals surface area contributed by atoms with Crippen molar-refractivity contribution in [1.82, 2.24) is 0 Å². The van der Waals surface area contributed by atoms with Gasteiger partial charge in [0.1, 0.15) is 11.2 Å². The molecule has 0 fully saturated rings. The summed E-state index contributed by atoms with van der Waals surface area (Å²) in [6.45, 7) is 4.69. The first kappa shape index (κ1) is 27.9. The molecule has 228 valence electrons. The van der Waals surface area contributed by atoms with Crippen LogP contribution in [0, 0.1) is 0 Å². The van der Waals surface area contributed by atoms with Crippen LogP contribution >= 0.6 is 0 Å². The van der Waals surface area contributed by atoms with E-state index in [-0.39, 0.29) is 11.5 Å². The minimum atomic E-state index is -0.122. The summed E-state index contributed by atoms with van der Waals surface area (Å²) in [5.41, 5.74) is 14.8. The molecule has 0 radical (unpaired) electrons. The summed E-state index contributed by atoms with van der Waals surface area (Å²) in [5, 5.41) is 2.35. The van der Waals surface area contributed by atoms with E-state index in [9.17, 15) is 0 Å². The normalized spacial score (nSPS) is 17.8. The molecule has 0 N–H and O–H groups in total. The highest BCUT2D eigenvalue weighted by molar-refractivity contribution is 6.08. The van der Waals surface area contributed by atoms with Gasteiger partial charge in [-0.3, -0.25) is 0 Å². The van der Waals surface area contributed by atoms with Crippen LogP contribution in [0.5, 0.6) is 0 Å². The third-order valence-electron chi connectivity index (χ3n) is 10.5. The molecule has 47 heavy (non-hydrogen) atoms. The smallest absolute Gasteiger partial charge is 0.135 e. The van der Waals surface area contributed by atoms with E-state index in [1.54, 1.807) is 0 Å². The van der Waals surface area contributed by atoms with Gasteiger partial charge >= 0.3 is 0 Å². The average Bonchev–Trinajstić information content (AvgIpc) is 3.60. The zero-order valence-electron chi connectivity index (χ0n) is 26.9. The molecule has 2 nitrogen and oxygen atoms in total. The number of furan rings is 1. The molecule has 0 spiro atoms. The zero-order valence-corrected chi connectivity index (χ0v) is 26.9. The maximum Gasteiger partial charge on any atom is 0.135 e. The molecule has 0 saturated heterocycles. The topological polar surface area (TPSA) is 16.4 Å². The summed E-state index contributed by atoms with van der Waals surface area (Å²) in [6, 6.07) is 40.3. The predicted molar refractivity (Wildman–Crippen MR) is 198 cm³/mol. The minimum absolute atomic E-state index is 0.122. The molecule has 0 amide bonds. The maximum absolute atomic E-state index is 6.33. The summed E-state index contributed by atoms with van der Waals surface area (Å²) in [6.07, 6.45) is 16.9. The Labute approximate surface area is 276 Å². The van der Waals surface area contributed by atoms with E-state index < -0.39 is 0 Å². The number of nitrogens with zero attached hydrogens (tertiary/aromatic N) is 1. The van der Waals surface area contributed by atoms with Crippen molar-refractivity contribution in [2.75, 3.05) is 4.90 Å². The third-order valence-corrected chi connectivity index (χ3v) is 10.5. The number of hydrogen-bond donors (Lipinski definition) is 0. The molecule has 2 heteroatoms. The van der Waals surface area contributed by atoms with Gasteiger partial charge in [-0.2, -0.15) is 0 Å². The summed E-state index contributed by atoms with van der Waals surface area (Å²) in [7, 11) is 0. The quantitative estimate of drug-likeness (QED) is 0.194.